The van der Waals surface area contributed by atoms with Crippen molar-refractivity contribution >= 4 is 17.3 Å². The number of carbonyl (C=O) groups is 1. The summed E-state index contributed by atoms with van der Waals surface area (Å²) < 4.78 is 0. The summed E-state index contributed by atoms with van der Waals surface area (Å²) in [5.41, 5.74) is 2.50. The molecule has 2 atom stereocenters. The van der Waals surface area contributed by atoms with Crippen LogP contribution in [0.2, 0.25) is 0 Å². The summed E-state index contributed by atoms with van der Waals surface area (Å²) in [6.07, 6.45) is -1.60. The number of aryl methyl sites for hydroxylation is 1. The van der Waals surface area contributed by atoms with E-state index in [-0.39, 0.29) is 6.10 Å². The SMILES string of the molecule is CC(O)C(=O)O.Cc1csc(C(O)CNC(C)C)c1C. The largest absolute Gasteiger partial charge is 0.479 e. The van der Waals surface area contributed by atoms with Crippen molar-refractivity contribution < 1.29 is 20.1 Å². The summed E-state index contributed by atoms with van der Waals surface area (Å²) in [7, 11) is 0. The molecule has 1 aromatic rings. The molecular formula is C14H25NO4S. The quantitative estimate of drug-likeness (QED) is 0.666. The van der Waals surface area contributed by atoms with Crippen molar-refractivity contribution in [3.8, 4) is 0 Å². The normalized spacial score (nSPS) is 13.6. The van der Waals surface area contributed by atoms with Crippen LogP contribution in [0.1, 0.15) is 42.9 Å². The maximum atomic E-state index is 9.91. The third kappa shape index (κ3) is 7.00. The van der Waals surface area contributed by atoms with E-state index in [4.69, 9.17) is 10.2 Å². The Morgan fingerprint density at radius 1 is 1.30 bits per heavy atom. The van der Waals surface area contributed by atoms with E-state index < -0.39 is 12.1 Å². The van der Waals surface area contributed by atoms with Gasteiger partial charge in [-0.15, -0.1) is 11.3 Å². The highest BCUT2D eigenvalue weighted by atomic mass is 32.1. The van der Waals surface area contributed by atoms with Crippen LogP contribution < -0.4 is 5.32 Å². The van der Waals surface area contributed by atoms with Crippen LogP contribution in [0.4, 0.5) is 0 Å². The maximum Gasteiger partial charge on any atom is 0.332 e. The molecule has 1 rings (SSSR count). The minimum absolute atomic E-state index is 0.365. The van der Waals surface area contributed by atoms with Crippen molar-refractivity contribution in [2.75, 3.05) is 6.54 Å². The highest BCUT2D eigenvalue weighted by Gasteiger charge is 2.13. The molecule has 6 heteroatoms. The second-order valence-electron chi connectivity index (χ2n) is 5.00. The van der Waals surface area contributed by atoms with Gasteiger partial charge in [-0.05, 0) is 37.3 Å². The topological polar surface area (TPSA) is 89.8 Å². The van der Waals surface area contributed by atoms with Crippen LogP contribution in [0.3, 0.4) is 0 Å². The molecule has 0 aliphatic carbocycles. The van der Waals surface area contributed by atoms with Crippen LogP contribution in [0.15, 0.2) is 5.38 Å². The van der Waals surface area contributed by atoms with E-state index in [1.807, 2.05) is 0 Å². The van der Waals surface area contributed by atoms with Gasteiger partial charge >= 0.3 is 5.97 Å². The summed E-state index contributed by atoms with van der Waals surface area (Å²) in [6, 6.07) is 0.422. The second kappa shape index (κ2) is 9.07. The van der Waals surface area contributed by atoms with E-state index in [1.54, 1.807) is 11.3 Å². The highest BCUT2D eigenvalue weighted by Crippen LogP contribution is 2.26. The van der Waals surface area contributed by atoms with Crippen LogP contribution in [0.5, 0.6) is 0 Å². The minimum atomic E-state index is -1.23. The first-order valence-electron chi connectivity index (χ1n) is 6.53. The maximum absolute atomic E-state index is 9.91. The van der Waals surface area contributed by atoms with Gasteiger partial charge < -0.3 is 20.6 Å². The second-order valence-corrected chi connectivity index (χ2v) is 5.91. The molecule has 0 spiro atoms. The van der Waals surface area contributed by atoms with Gasteiger partial charge in [0.2, 0.25) is 0 Å². The van der Waals surface area contributed by atoms with E-state index in [9.17, 15) is 9.90 Å². The minimum Gasteiger partial charge on any atom is -0.479 e. The average Bonchev–Trinajstić information content (AvgIpc) is 2.68. The van der Waals surface area contributed by atoms with Crippen LogP contribution in [0.25, 0.3) is 0 Å². The highest BCUT2D eigenvalue weighted by molar-refractivity contribution is 7.10. The van der Waals surface area contributed by atoms with Crippen LogP contribution in [-0.4, -0.2) is 40.0 Å². The average molecular weight is 303 g/mol. The Morgan fingerprint density at radius 3 is 2.10 bits per heavy atom. The zero-order valence-corrected chi connectivity index (χ0v) is 13.5. The molecule has 0 aliphatic heterocycles. The van der Waals surface area contributed by atoms with Crippen molar-refractivity contribution in [3.63, 3.8) is 0 Å². The Kier molecular flexibility index (Phi) is 8.64. The lowest BCUT2D eigenvalue weighted by Crippen LogP contribution is -2.27. The van der Waals surface area contributed by atoms with Crippen LogP contribution in [0, 0.1) is 13.8 Å². The van der Waals surface area contributed by atoms with Gasteiger partial charge in [-0.25, -0.2) is 4.79 Å². The Morgan fingerprint density at radius 2 is 1.80 bits per heavy atom. The molecule has 2 unspecified atom stereocenters. The summed E-state index contributed by atoms with van der Waals surface area (Å²) in [6.45, 7) is 10.1. The molecule has 20 heavy (non-hydrogen) atoms. The van der Waals surface area contributed by atoms with E-state index >= 15 is 0 Å². The van der Waals surface area contributed by atoms with E-state index in [2.05, 4.69) is 38.4 Å². The first-order valence-corrected chi connectivity index (χ1v) is 7.41. The van der Waals surface area contributed by atoms with Crippen molar-refractivity contribution in [1.29, 1.82) is 0 Å². The lowest BCUT2D eigenvalue weighted by molar-refractivity contribution is -0.145. The number of nitrogens with one attached hydrogen (secondary N) is 1. The third-order valence-electron chi connectivity index (χ3n) is 2.70. The molecule has 1 aromatic heterocycles. The van der Waals surface area contributed by atoms with Crippen molar-refractivity contribution in [3.05, 3.63) is 21.4 Å². The smallest absolute Gasteiger partial charge is 0.332 e. The van der Waals surface area contributed by atoms with Gasteiger partial charge in [0, 0.05) is 17.5 Å². The third-order valence-corrected chi connectivity index (χ3v) is 4.01. The number of aliphatic hydroxyl groups is 2. The van der Waals surface area contributed by atoms with Gasteiger partial charge in [-0.3, -0.25) is 0 Å². The fourth-order valence-electron chi connectivity index (χ4n) is 1.29. The number of thiophene rings is 1. The molecule has 0 fully saturated rings. The molecule has 116 valence electrons. The number of hydrogen-bond acceptors (Lipinski definition) is 5. The molecule has 0 radical (unpaired) electrons. The van der Waals surface area contributed by atoms with E-state index in [0.29, 0.717) is 12.6 Å². The van der Waals surface area contributed by atoms with Crippen LogP contribution in [-0.2, 0) is 4.79 Å². The molecule has 0 aliphatic rings. The number of carboxylic acid groups (broad SMARTS) is 1. The number of carboxylic acids is 1. The van der Waals surface area contributed by atoms with E-state index in [0.717, 1.165) is 4.88 Å². The number of aliphatic hydroxyl groups excluding tert-OH is 2. The number of rotatable bonds is 5. The number of aliphatic carboxylic acids is 1. The van der Waals surface area contributed by atoms with Gasteiger partial charge in [-0.2, -0.15) is 0 Å². The Balaban J connectivity index is 0.000000511. The fraction of sp³-hybridized carbons (Fsp3) is 0.643. The van der Waals surface area contributed by atoms with Crippen LogP contribution >= 0.6 is 11.3 Å². The standard InChI is InChI=1S/C11H19NOS.C3H6O3/c1-7(2)12-5-10(13)11-9(4)8(3)6-14-11;1-2(4)3(5)6/h6-7,10,12-13H,5H2,1-4H3;2,4H,1H3,(H,5,6). The first-order chi connectivity index (χ1) is 9.16. The first kappa shape index (κ1) is 19.1. The molecule has 0 bridgehead atoms. The van der Waals surface area contributed by atoms with Gasteiger partial charge in [0.25, 0.3) is 0 Å². The zero-order valence-electron chi connectivity index (χ0n) is 12.7. The van der Waals surface area contributed by atoms with Gasteiger partial charge in [0.05, 0.1) is 0 Å². The lowest BCUT2D eigenvalue weighted by Gasteiger charge is -2.13. The van der Waals surface area contributed by atoms with Crippen molar-refractivity contribution in [2.24, 2.45) is 0 Å². The Labute approximate surface area is 124 Å². The summed E-state index contributed by atoms with van der Waals surface area (Å²) in [5.74, 6) is -1.19. The number of hydrogen-bond donors (Lipinski definition) is 4. The van der Waals surface area contributed by atoms with Crippen molar-refractivity contribution in [2.45, 2.75) is 52.9 Å². The Bertz CT molecular complexity index is 415. The lowest BCUT2D eigenvalue weighted by atomic mass is 10.1. The van der Waals surface area contributed by atoms with Gasteiger partial charge in [0.1, 0.15) is 12.2 Å². The monoisotopic (exact) mass is 303 g/mol. The molecular weight excluding hydrogens is 278 g/mol. The van der Waals surface area contributed by atoms with Gasteiger partial charge in [-0.1, -0.05) is 13.8 Å². The predicted octanol–water partition coefficient (Wildman–Crippen LogP) is 1.85. The molecule has 0 aromatic carbocycles. The summed E-state index contributed by atoms with van der Waals surface area (Å²) in [4.78, 5) is 10.5. The molecule has 0 saturated heterocycles. The predicted molar refractivity (Wildman–Crippen MR) is 81.2 cm³/mol. The van der Waals surface area contributed by atoms with E-state index in [1.165, 1.54) is 18.1 Å². The molecule has 0 amide bonds. The fourth-order valence-corrected chi connectivity index (χ4v) is 2.35. The summed E-state index contributed by atoms with van der Waals surface area (Å²) in [5, 5.41) is 31.0. The molecule has 1 heterocycles. The Hall–Kier alpha value is -0.950. The van der Waals surface area contributed by atoms with Crippen molar-refractivity contribution in [1.82, 2.24) is 5.32 Å². The zero-order chi connectivity index (χ0) is 15.9. The summed E-state index contributed by atoms with van der Waals surface area (Å²) >= 11 is 1.65. The molecule has 4 N–H and O–H groups in total. The van der Waals surface area contributed by atoms with Gasteiger partial charge in [0.15, 0.2) is 0 Å². The molecule has 5 nitrogen and oxygen atoms in total. The molecule has 0 saturated carbocycles.